The molecule has 1 unspecified atom stereocenters. The van der Waals surface area contributed by atoms with Crippen LogP contribution >= 0.6 is 0 Å². The highest BCUT2D eigenvalue weighted by Gasteiger charge is 2.32. The van der Waals surface area contributed by atoms with Crippen LogP contribution in [-0.2, 0) is 17.7 Å². The fourth-order valence-corrected chi connectivity index (χ4v) is 2.33. The molecule has 2 rings (SSSR count). The van der Waals surface area contributed by atoms with Crippen molar-refractivity contribution in [2.24, 2.45) is 5.41 Å². The first-order valence-electron chi connectivity index (χ1n) is 5.98. The predicted octanol–water partition coefficient (Wildman–Crippen LogP) is 1.23. The van der Waals surface area contributed by atoms with Gasteiger partial charge >= 0.3 is 0 Å². The van der Waals surface area contributed by atoms with Gasteiger partial charge in [-0.2, -0.15) is 5.10 Å². The molecule has 4 heteroatoms. The molecule has 1 fully saturated rings. The van der Waals surface area contributed by atoms with Gasteiger partial charge in [0.1, 0.15) is 0 Å². The average Bonchev–Trinajstić information content (AvgIpc) is 2.78. The Morgan fingerprint density at radius 3 is 3.06 bits per heavy atom. The van der Waals surface area contributed by atoms with Gasteiger partial charge in [-0.05, 0) is 31.7 Å². The molecule has 0 aromatic carbocycles. The number of ether oxygens (including phenoxy) is 1. The summed E-state index contributed by atoms with van der Waals surface area (Å²) in [5, 5.41) is 13.8. The molecular formula is C12H20N2O2. The number of hydrogen-bond donors (Lipinski definition) is 1. The van der Waals surface area contributed by atoms with E-state index in [4.69, 9.17) is 4.74 Å². The zero-order chi connectivity index (χ0) is 11.4. The van der Waals surface area contributed by atoms with Crippen molar-refractivity contribution in [3.05, 3.63) is 18.0 Å². The fourth-order valence-electron chi connectivity index (χ4n) is 2.33. The molecule has 0 saturated carbocycles. The minimum atomic E-state index is -0.0835. The van der Waals surface area contributed by atoms with Gasteiger partial charge in [0.25, 0.3) is 0 Å². The Kier molecular flexibility index (Phi) is 3.61. The minimum absolute atomic E-state index is 0.0835. The highest BCUT2D eigenvalue weighted by molar-refractivity contribution is 5.08. The Labute approximate surface area is 96.2 Å². The van der Waals surface area contributed by atoms with Crippen LogP contribution in [0, 0.1) is 5.41 Å². The summed E-state index contributed by atoms with van der Waals surface area (Å²) in [5.41, 5.74) is 1.11. The van der Waals surface area contributed by atoms with Crippen LogP contribution in [-0.4, -0.2) is 34.7 Å². The molecule has 1 aliphatic heterocycles. The van der Waals surface area contributed by atoms with Crippen molar-refractivity contribution in [3.63, 3.8) is 0 Å². The van der Waals surface area contributed by atoms with Crippen LogP contribution in [0.2, 0.25) is 0 Å². The van der Waals surface area contributed by atoms with Crippen LogP contribution in [0.25, 0.3) is 0 Å². The van der Waals surface area contributed by atoms with Crippen LogP contribution < -0.4 is 0 Å². The largest absolute Gasteiger partial charge is 0.396 e. The Hall–Kier alpha value is -0.870. The topological polar surface area (TPSA) is 47.3 Å². The quantitative estimate of drug-likeness (QED) is 0.837. The third-order valence-corrected chi connectivity index (χ3v) is 3.33. The Balaban J connectivity index is 2.05. The molecule has 1 aromatic rings. The molecule has 16 heavy (non-hydrogen) atoms. The molecule has 0 aliphatic carbocycles. The highest BCUT2D eigenvalue weighted by atomic mass is 16.5. The maximum atomic E-state index is 9.56. The first kappa shape index (κ1) is 11.6. The van der Waals surface area contributed by atoms with Crippen molar-refractivity contribution >= 4 is 0 Å². The first-order chi connectivity index (χ1) is 7.78. The van der Waals surface area contributed by atoms with Gasteiger partial charge < -0.3 is 9.84 Å². The molecule has 90 valence electrons. The van der Waals surface area contributed by atoms with E-state index >= 15 is 0 Å². The smallest absolute Gasteiger partial charge is 0.0547 e. The normalized spacial score (nSPS) is 25.9. The summed E-state index contributed by atoms with van der Waals surface area (Å²) in [7, 11) is 0. The van der Waals surface area contributed by atoms with Crippen LogP contribution in [0.3, 0.4) is 0 Å². The molecule has 0 amide bonds. The summed E-state index contributed by atoms with van der Waals surface area (Å²) in [6.07, 6.45) is 6.91. The van der Waals surface area contributed by atoms with Gasteiger partial charge in [0.15, 0.2) is 0 Å². The second-order valence-electron chi connectivity index (χ2n) is 4.70. The average molecular weight is 224 g/mol. The van der Waals surface area contributed by atoms with E-state index in [9.17, 15) is 5.11 Å². The molecule has 0 spiro atoms. The van der Waals surface area contributed by atoms with E-state index in [0.717, 1.165) is 32.4 Å². The van der Waals surface area contributed by atoms with E-state index in [1.54, 1.807) is 0 Å². The molecule has 1 aromatic heterocycles. The number of aliphatic hydroxyl groups excluding tert-OH is 1. The van der Waals surface area contributed by atoms with Crippen molar-refractivity contribution in [1.29, 1.82) is 0 Å². The maximum absolute atomic E-state index is 9.56. The zero-order valence-electron chi connectivity index (χ0n) is 9.85. The van der Waals surface area contributed by atoms with Crippen molar-refractivity contribution in [2.75, 3.05) is 19.8 Å². The standard InChI is InChI=1S/C12H20N2O2/c1-2-14-8-11(7-13-14)6-12(9-15)4-3-5-16-10-12/h7-8,15H,2-6,9-10H2,1H3. The monoisotopic (exact) mass is 224 g/mol. The summed E-state index contributed by atoms with van der Waals surface area (Å²) in [6.45, 7) is 4.66. The summed E-state index contributed by atoms with van der Waals surface area (Å²) in [5.74, 6) is 0. The van der Waals surface area contributed by atoms with Crippen LogP contribution in [0.5, 0.6) is 0 Å². The third-order valence-electron chi connectivity index (χ3n) is 3.33. The SMILES string of the molecule is CCn1cc(CC2(CO)CCCOC2)cn1. The van der Waals surface area contributed by atoms with E-state index in [1.807, 2.05) is 10.9 Å². The van der Waals surface area contributed by atoms with Gasteiger partial charge in [0.2, 0.25) is 0 Å². The van der Waals surface area contributed by atoms with Gasteiger partial charge in [-0.3, -0.25) is 4.68 Å². The van der Waals surface area contributed by atoms with Gasteiger partial charge in [-0.1, -0.05) is 0 Å². The Morgan fingerprint density at radius 1 is 1.62 bits per heavy atom. The summed E-state index contributed by atoms with van der Waals surface area (Å²) in [4.78, 5) is 0. The van der Waals surface area contributed by atoms with Gasteiger partial charge in [-0.15, -0.1) is 0 Å². The van der Waals surface area contributed by atoms with Crippen LogP contribution in [0.15, 0.2) is 12.4 Å². The highest BCUT2D eigenvalue weighted by Crippen LogP contribution is 2.31. The number of nitrogens with zero attached hydrogens (tertiary/aromatic N) is 2. The fraction of sp³-hybridized carbons (Fsp3) is 0.750. The van der Waals surface area contributed by atoms with E-state index in [2.05, 4.69) is 18.2 Å². The van der Waals surface area contributed by atoms with E-state index < -0.39 is 0 Å². The molecule has 1 N–H and O–H groups in total. The van der Waals surface area contributed by atoms with Crippen LogP contribution in [0.4, 0.5) is 0 Å². The Bertz CT molecular complexity index is 330. The van der Waals surface area contributed by atoms with Gasteiger partial charge in [-0.25, -0.2) is 0 Å². The second kappa shape index (κ2) is 4.97. The van der Waals surface area contributed by atoms with E-state index in [-0.39, 0.29) is 12.0 Å². The number of hydrogen-bond acceptors (Lipinski definition) is 3. The maximum Gasteiger partial charge on any atom is 0.0547 e. The number of rotatable bonds is 4. The van der Waals surface area contributed by atoms with Gasteiger partial charge in [0, 0.05) is 24.8 Å². The van der Waals surface area contributed by atoms with Crippen molar-refractivity contribution in [3.8, 4) is 0 Å². The summed E-state index contributed by atoms with van der Waals surface area (Å²) < 4.78 is 7.42. The van der Waals surface area contributed by atoms with Crippen molar-refractivity contribution in [2.45, 2.75) is 32.7 Å². The first-order valence-corrected chi connectivity index (χ1v) is 5.98. The Morgan fingerprint density at radius 2 is 2.50 bits per heavy atom. The molecule has 2 heterocycles. The van der Waals surface area contributed by atoms with E-state index in [1.165, 1.54) is 5.56 Å². The lowest BCUT2D eigenvalue weighted by Crippen LogP contribution is -2.37. The molecule has 0 radical (unpaired) electrons. The number of aliphatic hydroxyl groups is 1. The lowest BCUT2D eigenvalue weighted by molar-refractivity contribution is -0.0379. The van der Waals surface area contributed by atoms with Gasteiger partial charge in [0.05, 0.1) is 19.4 Å². The van der Waals surface area contributed by atoms with Crippen LogP contribution in [0.1, 0.15) is 25.3 Å². The van der Waals surface area contributed by atoms with Crippen molar-refractivity contribution < 1.29 is 9.84 Å². The summed E-state index contributed by atoms with van der Waals surface area (Å²) >= 11 is 0. The number of aryl methyl sites for hydroxylation is 1. The molecule has 0 bridgehead atoms. The third kappa shape index (κ3) is 2.44. The second-order valence-corrected chi connectivity index (χ2v) is 4.70. The lowest BCUT2D eigenvalue weighted by Gasteiger charge is -2.35. The lowest BCUT2D eigenvalue weighted by atomic mass is 9.78. The molecule has 1 atom stereocenters. The number of aromatic nitrogens is 2. The predicted molar refractivity (Wildman–Crippen MR) is 61.2 cm³/mol. The van der Waals surface area contributed by atoms with Crippen molar-refractivity contribution in [1.82, 2.24) is 9.78 Å². The molecule has 4 nitrogen and oxygen atoms in total. The molecular weight excluding hydrogens is 204 g/mol. The minimum Gasteiger partial charge on any atom is -0.396 e. The molecule has 1 aliphatic rings. The zero-order valence-corrected chi connectivity index (χ0v) is 9.85. The summed E-state index contributed by atoms with van der Waals surface area (Å²) in [6, 6.07) is 0. The van der Waals surface area contributed by atoms with E-state index in [0.29, 0.717) is 6.61 Å². The molecule has 1 saturated heterocycles.